The molecule has 24 heavy (non-hydrogen) atoms. The molecule has 0 atom stereocenters. The van der Waals surface area contributed by atoms with Gasteiger partial charge in [-0.05, 0) is 6.08 Å². The Morgan fingerprint density at radius 2 is 1.50 bits per heavy atom. The van der Waals surface area contributed by atoms with E-state index in [4.69, 9.17) is 4.55 Å². The van der Waals surface area contributed by atoms with E-state index in [1.807, 2.05) is 0 Å². The summed E-state index contributed by atoms with van der Waals surface area (Å²) in [5.41, 5.74) is -5.50. The minimum absolute atomic E-state index is 0.708. The number of ether oxygens (including phenoxy) is 2. The molecule has 0 saturated carbocycles. The van der Waals surface area contributed by atoms with Crippen molar-refractivity contribution in [1.82, 2.24) is 0 Å². The average molecular weight is 388 g/mol. The smallest absolute Gasteiger partial charge is 0.436 e. The molecule has 0 heterocycles. The first kappa shape index (κ1) is 22.3. The standard InChI is InChI=1S/C10H10F6O7S/c1-2-6(17)3-22-4-7(18)23-8(9(11,12)13,10(14,15)16)5-24(19,20)21/h2H,1,3-5H2,(H,19,20,21). The van der Waals surface area contributed by atoms with E-state index >= 15 is 0 Å². The van der Waals surface area contributed by atoms with Crippen molar-refractivity contribution in [3.05, 3.63) is 12.7 Å². The Morgan fingerprint density at radius 1 is 1.04 bits per heavy atom. The van der Waals surface area contributed by atoms with Gasteiger partial charge in [0.05, 0.1) is 0 Å². The Morgan fingerprint density at radius 3 is 1.83 bits per heavy atom. The molecule has 1 N–H and O–H groups in total. The molecule has 0 radical (unpaired) electrons. The lowest BCUT2D eigenvalue weighted by Gasteiger charge is -2.35. The maximum absolute atomic E-state index is 12.8. The van der Waals surface area contributed by atoms with Crippen LogP contribution >= 0.6 is 0 Å². The lowest BCUT2D eigenvalue weighted by Crippen LogP contribution is -2.63. The second-order valence-corrected chi connectivity index (χ2v) is 5.64. The van der Waals surface area contributed by atoms with Crippen LogP contribution in [-0.2, 0) is 29.2 Å². The van der Waals surface area contributed by atoms with Crippen molar-refractivity contribution in [3.8, 4) is 0 Å². The van der Waals surface area contributed by atoms with Gasteiger partial charge < -0.3 is 9.47 Å². The summed E-state index contributed by atoms with van der Waals surface area (Å²) in [4.78, 5) is 21.9. The van der Waals surface area contributed by atoms with Gasteiger partial charge >= 0.3 is 23.9 Å². The fourth-order valence-corrected chi connectivity index (χ4v) is 2.14. The van der Waals surface area contributed by atoms with Crippen LogP contribution in [0.3, 0.4) is 0 Å². The number of hydrogen-bond donors (Lipinski definition) is 1. The van der Waals surface area contributed by atoms with Gasteiger partial charge in [-0.2, -0.15) is 34.8 Å². The molecule has 0 aliphatic carbocycles. The summed E-state index contributed by atoms with van der Waals surface area (Å²) < 4.78 is 114. The zero-order chi connectivity index (χ0) is 19.4. The number of ketones is 1. The molecule has 0 aliphatic heterocycles. The fraction of sp³-hybridized carbons (Fsp3) is 0.600. The molecular weight excluding hydrogens is 378 g/mol. The third kappa shape index (κ3) is 6.09. The molecule has 0 fully saturated rings. The predicted octanol–water partition coefficient (Wildman–Crippen LogP) is 1.05. The second kappa shape index (κ2) is 7.48. The predicted molar refractivity (Wildman–Crippen MR) is 63.4 cm³/mol. The maximum atomic E-state index is 12.8. The molecule has 0 bridgehead atoms. The van der Waals surface area contributed by atoms with Crippen LogP contribution in [0.5, 0.6) is 0 Å². The lowest BCUT2D eigenvalue weighted by molar-refractivity contribution is -0.361. The first-order valence-corrected chi connectivity index (χ1v) is 7.20. The van der Waals surface area contributed by atoms with E-state index < -0.39 is 58.8 Å². The van der Waals surface area contributed by atoms with E-state index in [9.17, 15) is 44.3 Å². The lowest BCUT2D eigenvalue weighted by atomic mass is 10.1. The first-order valence-electron chi connectivity index (χ1n) is 5.59. The van der Waals surface area contributed by atoms with Crippen molar-refractivity contribution in [1.29, 1.82) is 0 Å². The molecule has 0 amide bonds. The summed E-state index contributed by atoms with van der Waals surface area (Å²) in [6.45, 7) is 0.583. The molecule has 0 aromatic rings. The van der Waals surface area contributed by atoms with Crippen LogP contribution in [0.25, 0.3) is 0 Å². The van der Waals surface area contributed by atoms with Crippen LogP contribution in [-0.4, -0.2) is 61.6 Å². The van der Waals surface area contributed by atoms with Gasteiger partial charge in [-0.3, -0.25) is 9.35 Å². The monoisotopic (exact) mass is 388 g/mol. The van der Waals surface area contributed by atoms with Gasteiger partial charge in [-0.1, -0.05) is 6.58 Å². The number of alkyl halides is 6. The summed E-state index contributed by atoms with van der Waals surface area (Å²) in [5, 5.41) is 0. The van der Waals surface area contributed by atoms with Crippen molar-refractivity contribution < 1.29 is 58.4 Å². The molecule has 14 heteroatoms. The van der Waals surface area contributed by atoms with Gasteiger partial charge in [0.25, 0.3) is 10.1 Å². The van der Waals surface area contributed by atoms with Crippen molar-refractivity contribution >= 4 is 21.9 Å². The minimum Gasteiger partial charge on any atom is -0.436 e. The summed E-state index contributed by atoms with van der Waals surface area (Å²) >= 11 is 0. The van der Waals surface area contributed by atoms with E-state index in [1.54, 1.807) is 0 Å². The summed E-state index contributed by atoms with van der Waals surface area (Å²) in [7, 11) is -5.86. The van der Waals surface area contributed by atoms with Crippen LogP contribution in [0.4, 0.5) is 26.3 Å². The highest BCUT2D eigenvalue weighted by molar-refractivity contribution is 7.85. The highest BCUT2D eigenvalue weighted by atomic mass is 32.2. The molecule has 0 rings (SSSR count). The molecule has 7 nitrogen and oxygen atoms in total. The number of carbonyl (C=O) groups excluding carboxylic acids is 2. The first-order chi connectivity index (χ1) is 10.6. The number of carbonyl (C=O) groups is 2. The number of esters is 1. The van der Waals surface area contributed by atoms with Crippen LogP contribution in [0.2, 0.25) is 0 Å². The van der Waals surface area contributed by atoms with Crippen LogP contribution in [0.15, 0.2) is 12.7 Å². The minimum atomic E-state index is -6.42. The van der Waals surface area contributed by atoms with Crippen molar-refractivity contribution in [2.45, 2.75) is 18.0 Å². The van der Waals surface area contributed by atoms with Gasteiger partial charge in [0, 0.05) is 0 Å². The Balaban J connectivity index is 5.52. The van der Waals surface area contributed by atoms with Crippen LogP contribution in [0, 0.1) is 0 Å². The van der Waals surface area contributed by atoms with Crippen LogP contribution in [0.1, 0.15) is 0 Å². The van der Waals surface area contributed by atoms with Crippen LogP contribution < -0.4 is 0 Å². The van der Waals surface area contributed by atoms with E-state index in [-0.39, 0.29) is 0 Å². The van der Waals surface area contributed by atoms with Gasteiger partial charge in [0.2, 0.25) is 0 Å². The largest absolute Gasteiger partial charge is 0.438 e. The normalized spacial score (nSPS) is 13.5. The van der Waals surface area contributed by atoms with E-state index in [0.717, 1.165) is 0 Å². The van der Waals surface area contributed by atoms with E-state index in [0.29, 0.717) is 6.08 Å². The highest BCUT2D eigenvalue weighted by Crippen LogP contribution is 2.46. The molecule has 0 aromatic heterocycles. The Kier molecular flexibility index (Phi) is 6.96. The summed E-state index contributed by atoms with van der Waals surface area (Å²) in [5.74, 6) is -6.09. The third-order valence-corrected chi connectivity index (χ3v) is 3.05. The van der Waals surface area contributed by atoms with Gasteiger partial charge in [-0.15, -0.1) is 0 Å². The highest BCUT2D eigenvalue weighted by Gasteiger charge is 2.75. The Hall–Kier alpha value is -1.67. The zero-order valence-electron chi connectivity index (χ0n) is 11.5. The quantitative estimate of drug-likeness (QED) is 0.287. The third-order valence-electron chi connectivity index (χ3n) is 2.28. The molecule has 0 saturated heterocycles. The van der Waals surface area contributed by atoms with E-state index in [1.165, 1.54) is 0 Å². The average Bonchev–Trinajstić information content (AvgIpc) is 2.33. The second-order valence-electron chi connectivity index (χ2n) is 4.19. The Labute approximate surface area is 131 Å². The van der Waals surface area contributed by atoms with Gasteiger partial charge in [0.15, 0.2) is 5.78 Å². The van der Waals surface area contributed by atoms with Gasteiger partial charge in [-0.25, -0.2) is 4.79 Å². The summed E-state index contributed by atoms with van der Waals surface area (Å²) in [6.07, 6.45) is -12.1. The number of hydrogen-bond acceptors (Lipinski definition) is 6. The molecule has 0 aliphatic rings. The van der Waals surface area contributed by atoms with Crippen molar-refractivity contribution in [2.24, 2.45) is 0 Å². The molecule has 0 spiro atoms. The SMILES string of the molecule is C=CC(=O)COCC(=O)OC(CS(=O)(=O)O)(C(F)(F)F)C(F)(F)F. The van der Waals surface area contributed by atoms with Crippen molar-refractivity contribution in [3.63, 3.8) is 0 Å². The topological polar surface area (TPSA) is 107 Å². The number of halogens is 6. The maximum Gasteiger partial charge on any atom is 0.438 e. The van der Waals surface area contributed by atoms with Gasteiger partial charge in [0.1, 0.15) is 19.0 Å². The van der Waals surface area contributed by atoms with Crippen molar-refractivity contribution in [2.75, 3.05) is 19.0 Å². The number of rotatable bonds is 8. The molecule has 0 unspecified atom stereocenters. The Bertz CT molecular complexity index is 578. The fourth-order valence-electron chi connectivity index (χ4n) is 1.24. The molecule has 0 aromatic carbocycles. The molecule has 140 valence electrons. The van der Waals surface area contributed by atoms with E-state index in [2.05, 4.69) is 16.1 Å². The molecular formula is C10H10F6O7S. The zero-order valence-corrected chi connectivity index (χ0v) is 12.3. The summed E-state index contributed by atoms with van der Waals surface area (Å²) in [6, 6.07) is 0.